The Morgan fingerprint density at radius 1 is 1.30 bits per heavy atom. The van der Waals surface area contributed by atoms with E-state index in [1.165, 1.54) is 4.90 Å². The fraction of sp³-hybridized carbons (Fsp3) is 0.526. The van der Waals surface area contributed by atoms with Crippen LogP contribution in [0.3, 0.4) is 0 Å². The van der Waals surface area contributed by atoms with Gasteiger partial charge in [-0.15, -0.1) is 0 Å². The van der Waals surface area contributed by atoms with E-state index in [1.807, 2.05) is 13.0 Å². The molecule has 1 heterocycles. The van der Waals surface area contributed by atoms with Crippen molar-refractivity contribution >= 4 is 17.9 Å². The average molecular weight is 377 g/mol. The summed E-state index contributed by atoms with van der Waals surface area (Å²) < 4.78 is 5.47. The van der Waals surface area contributed by atoms with E-state index in [0.29, 0.717) is 25.3 Å². The van der Waals surface area contributed by atoms with Gasteiger partial charge in [0, 0.05) is 33.7 Å². The number of urea groups is 1. The van der Waals surface area contributed by atoms with Crippen molar-refractivity contribution in [2.45, 2.75) is 19.9 Å². The number of hydrogen-bond donors (Lipinski definition) is 2. The topological polar surface area (TPSA) is 99.2 Å². The molecule has 27 heavy (non-hydrogen) atoms. The van der Waals surface area contributed by atoms with Gasteiger partial charge in [0.25, 0.3) is 5.91 Å². The van der Waals surface area contributed by atoms with Crippen LogP contribution in [0, 0.1) is 11.8 Å². The van der Waals surface area contributed by atoms with Crippen LogP contribution in [0.1, 0.15) is 18.9 Å². The maximum atomic E-state index is 12.4. The average Bonchev–Trinajstić information content (AvgIpc) is 2.63. The minimum absolute atomic E-state index is 0.0505. The number of aliphatic carboxylic acids is 1. The van der Waals surface area contributed by atoms with E-state index in [1.54, 1.807) is 37.2 Å². The number of carboxylic acid groups (broad SMARTS) is 1. The predicted octanol–water partition coefficient (Wildman–Crippen LogP) is 1.41. The van der Waals surface area contributed by atoms with Gasteiger partial charge in [-0.25, -0.2) is 4.79 Å². The molecule has 0 aromatic heterocycles. The lowest BCUT2D eigenvalue weighted by Crippen LogP contribution is -2.49. The van der Waals surface area contributed by atoms with E-state index in [9.17, 15) is 19.5 Å². The van der Waals surface area contributed by atoms with Gasteiger partial charge >= 0.3 is 12.0 Å². The number of carboxylic acids is 1. The number of nitrogens with zero attached hydrogens (tertiary/aromatic N) is 2. The number of benzene rings is 1. The van der Waals surface area contributed by atoms with Crippen LogP contribution in [0.25, 0.3) is 0 Å². The summed E-state index contributed by atoms with van der Waals surface area (Å²) in [6.45, 7) is 2.96. The zero-order chi connectivity index (χ0) is 20.0. The normalized spacial score (nSPS) is 19.3. The molecule has 1 aromatic carbocycles. The van der Waals surface area contributed by atoms with E-state index >= 15 is 0 Å². The first kappa shape index (κ1) is 20.5. The SMILES string of the molecule is CC1CC(C(=O)O)CN(C(=O)NCc2cccc(OCC(=O)N(C)C)c2)C1. The highest BCUT2D eigenvalue weighted by Gasteiger charge is 2.31. The first-order chi connectivity index (χ1) is 12.8. The molecule has 0 saturated carbocycles. The highest BCUT2D eigenvalue weighted by Crippen LogP contribution is 2.22. The number of rotatable bonds is 6. The molecule has 2 N–H and O–H groups in total. The fourth-order valence-corrected chi connectivity index (χ4v) is 3.01. The van der Waals surface area contributed by atoms with Crippen molar-refractivity contribution in [1.82, 2.24) is 15.1 Å². The molecule has 1 aromatic rings. The van der Waals surface area contributed by atoms with Crippen molar-refractivity contribution < 1.29 is 24.2 Å². The van der Waals surface area contributed by atoms with Gasteiger partial charge in [-0.3, -0.25) is 9.59 Å². The number of carbonyl (C=O) groups excluding carboxylic acids is 2. The summed E-state index contributed by atoms with van der Waals surface area (Å²) in [7, 11) is 3.32. The highest BCUT2D eigenvalue weighted by molar-refractivity contribution is 5.77. The number of carbonyl (C=O) groups is 3. The quantitative estimate of drug-likeness (QED) is 0.781. The molecule has 2 rings (SSSR count). The minimum Gasteiger partial charge on any atom is -0.484 e. The second kappa shape index (κ2) is 9.25. The third kappa shape index (κ3) is 6.16. The molecule has 1 aliphatic rings. The molecule has 1 aliphatic heterocycles. The van der Waals surface area contributed by atoms with Crippen LogP contribution >= 0.6 is 0 Å². The Balaban J connectivity index is 1.88. The largest absolute Gasteiger partial charge is 0.484 e. The molecular formula is C19H27N3O5. The van der Waals surface area contributed by atoms with Crippen molar-refractivity contribution in [2.24, 2.45) is 11.8 Å². The van der Waals surface area contributed by atoms with Crippen LogP contribution in [-0.2, 0) is 16.1 Å². The van der Waals surface area contributed by atoms with E-state index in [2.05, 4.69) is 5.32 Å². The van der Waals surface area contributed by atoms with Crippen molar-refractivity contribution in [3.8, 4) is 5.75 Å². The van der Waals surface area contributed by atoms with Gasteiger partial charge in [0.05, 0.1) is 5.92 Å². The standard InChI is InChI=1S/C19H27N3O5/c1-13-7-15(18(24)25)11-22(10-13)19(26)20-9-14-5-4-6-16(8-14)27-12-17(23)21(2)3/h4-6,8,13,15H,7,9-12H2,1-3H3,(H,20,26)(H,24,25). The van der Waals surface area contributed by atoms with Gasteiger partial charge in [0.2, 0.25) is 0 Å². The molecule has 2 atom stereocenters. The second-order valence-corrected chi connectivity index (χ2v) is 7.16. The van der Waals surface area contributed by atoms with Gasteiger partial charge in [0.1, 0.15) is 5.75 Å². The van der Waals surface area contributed by atoms with Crippen LogP contribution in [0.5, 0.6) is 5.75 Å². The predicted molar refractivity (Wildman–Crippen MR) is 99.3 cm³/mol. The van der Waals surface area contributed by atoms with Crippen molar-refractivity contribution in [3.05, 3.63) is 29.8 Å². The monoisotopic (exact) mass is 377 g/mol. The van der Waals surface area contributed by atoms with Gasteiger partial charge in [-0.1, -0.05) is 19.1 Å². The molecule has 0 spiro atoms. The second-order valence-electron chi connectivity index (χ2n) is 7.16. The number of amides is 3. The Hall–Kier alpha value is -2.77. The maximum absolute atomic E-state index is 12.4. The van der Waals surface area contributed by atoms with Gasteiger partial charge in [-0.2, -0.15) is 0 Å². The van der Waals surface area contributed by atoms with Crippen LogP contribution in [0.15, 0.2) is 24.3 Å². The molecule has 8 nitrogen and oxygen atoms in total. The number of likely N-dealkylation sites (N-methyl/N-ethyl adjacent to an activating group) is 1. The van der Waals surface area contributed by atoms with E-state index in [-0.39, 0.29) is 31.0 Å². The lowest BCUT2D eigenvalue weighted by atomic mass is 9.91. The Bertz CT molecular complexity index is 692. The summed E-state index contributed by atoms with van der Waals surface area (Å²) in [4.78, 5) is 38.2. The van der Waals surface area contributed by atoms with Crippen molar-refractivity contribution in [3.63, 3.8) is 0 Å². The Morgan fingerprint density at radius 3 is 2.70 bits per heavy atom. The van der Waals surface area contributed by atoms with Crippen LogP contribution < -0.4 is 10.1 Å². The Kier molecular flexibility index (Phi) is 7.04. The van der Waals surface area contributed by atoms with Gasteiger partial charge in [-0.05, 0) is 30.0 Å². The van der Waals surface area contributed by atoms with Crippen LogP contribution in [0.4, 0.5) is 4.79 Å². The van der Waals surface area contributed by atoms with E-state index in [0.717, 1.165) is 5.56 Å². The number of hydrogen-bond acceptors (Lipinski definition) is 4. The number of nitrogens with one attached hydrogen (secondary N) is 1. The zero-order valence-electron chi connectivity index (χ0n) is 16.0. The molecule has 148 valence electrons. The van der Waals surface area contributed by atoms with E-state index in [4.69, 9.17) is 4.74 Å². The first-order valence-corrected chi connectivity index (χ1v) is 8.93. The molecule has 1 saturated heterocycles. The Labute approximate surface area is 159 Å². The summed E-state index contributed by atoms with van der Waals surface area (Å²) in [5.41, 5.74) is 0.831. The van der Waals surface area contributed by atoms with E-state index < -0.39 is 11.9 Å². The molecule has 3 amide bonds. The number of piperidine rings is 1. The maximum Gasteiger partial charge on any atom is 0.317 e. The Morgan fingerprint density at radius 2 is 2.04 bits per heavy atom. The van der Waals surface area contributed by atoms with Crippen molar-refractivity contribution in [1.29, 1.82) is 0 Å². The molecule has 2 unspecified atom stereocenters. The van der Waals surface area contributed by atoms with Gasteiger partial charge in [0.15, 0.2) is 6.61 Å². The fourth-order valence-electron chi connectivity index (χ4n) is 3.01. The summed E-state index contributed by atoms with van der Waals surface area (Å²) in [6, 6.07) is 6.88. The van der Waals surface area contributed by atoms with Crippen LogP contribution in [0.2, 0.25) is 0 Å². The molecular weight excluding hydrogens is 350 g/mol. The number of ether oxygens (including phenoxy) is 1. The molecule has 0 aliphatic carbocycles. The smallest absolute Gasteiger partial charge is 0.317 e. The van der Waals surface area contributed by atoms with Crippen LogP contribution in [-0.4, -0.2) is 66.6 Å². The molecule has 0 radical (unpaired) electrons. The molecule has 1 fully saturated rings. The summed E-state index contributed by atoms with van der Waals surface area (Å²) in [5, 5.41) is 12.0. The molecule has 0 bridgehead atoms. The summed E-state index contributed by atoms with van der Waals surface area (Å²) in [6.07, 6.45) is 0.587. The minimum atomic E-state index is -0.864. The summed E-state index contributed by atoms with van der Waals surface area (Å²) >= 11 is 0. The third-order valence-electron chi connectivity index (χ3n) is 4.50. The number of likely N-dealkylation sites (tertiary alicyclic amines) is 1. The first-order valence-electron chi connectivity index (χ1n) is 8.93. The molecule has 8 heteroatoms. The summed E-state index contributed by atoms with van der Waals surface area (Å²) in [5.74, 6) is -0.825. The third-order valence-corrected chi connectivity index (χ3v) is 4.50. The highest BCUT2D eigenvalue weighted by atomic mass is 16.5. The van der Waals surface area contributed by atoms with Gasteiger partial charge < -0.3 is 25.0 Å². The zero-order valence-corrected chi connectivity index (χ0v) is 16.0. The lowest BCUT2D eigenvalue weighted by Gasteiger charge is -2.34. The lowest BCUT2D eigenvalue weighted by molar-refractivity contribution is -0.143. The van der Waals surface area contributed by atoms with Crippen molar-refractivity contribution in [2.75, 3.05) is 33.8 Å².